The quantitative estimate of drug-likeness (QED) is 0.858. The number of likely N-dealkylation sites (tertiary alicyclic amines) is 1. The molecule has 2 rings (SSSR count). The van der Waals surface area contributed by atoms with Crippen LogP contribution in [-0.4, -0.2) is 47.1 Å². The van der Waals surface area contributed by atoms with Crippen molar-refractivity contribution >= 4 is 23.4 Å². The number of halogens is 1. The minimum Gasteiger partial charge on any atom is -0.478 e. The highest BCUT2D eigenvalue weighted by molar-refractivity contribution is 6.33. The third-order valence-electron chi connectivity index (χ3n) is 2.82. The number of hydrogen-bond acceptors (Lipinski definition) is 4. The largest absolute Gasteiger partial charge is 0.478 e. The average Bonchev–Trinajstić information content (AvgIpc) is 2.67. The Balaban J connectivity index is 2.09. The van der Waals surface area contributed by atoms with Crippen molar-refractivity contribution in [3.63, 3.8) is 0 Å². The second-order valence-corrected chi connectivity index (χ2v) is 4.66. The van der Waals surface area contributed by atoms with Crippen LogP contribution in [-0.2, 0) is 0 Å². The van der Waals surface area contributed by atoms with Crippen LogP contribution < -0.4 is 5.32 Å². The van der Waals surface area contributed by atoms with Gasteiger partial charge in [-0.1, -0.05) is 11.6 Å². The van der Waals surface area contributed by atoms with Crippen LogP contribution in [0.15, 0.2) is 12.3 Å². The Bertz CT molecular complexity index is 439. The van der Waals surface area contributed by atoms with Gasteiger partial charge in [0, 0.05) is 18.8 Å². The lowest BCUT2D eigenvalue weighted by atomic mass is 10.2. The lowest BCUT2D eigenvalue weighted by Crippen LogP contribution is -2.24. The van der Waals surface area contributed by atoms with E-state index in [0.29, 0.717) is 16.9 Å². The highest BCUT2D eigenvalue weighted by Crippen LogP contribution is 2.22. The number of aromatic carboxylic acids is 1. The Labute approximate surface area is 104 Å². The molecule has 0 radical (unpaired) electrons. The topological polar surface area (TPSA) is 65.5 Å². The molecule has 1 aromatic heterocycles. The molecule has 0 saturated carbocycles. The predicted octanol–water partition coefficient (Wildman–Crippen LogP) is 1.55. The van der Waals surface area contributed by atoms with Crippen LogP contribution in [0.25, 0.3) is 0 Å². The molecule has 0 amide bonds. The minimum atomic E-state index is -1.02. The maximum Gasteiger partial charge on any atom is 0.337 e. The molecule has 5 nitrogen and oxygen atoms in total. The summed E-state index contributed by atoms with van der Waals surface area (Å²) < 4.78 is 0. The molecule has 0 aromatic carbocycles. The first-order valence-electron chi connectivity index (χ1n) is 5.40. The van der Waals surface area contributed by atoms with Gasteiger partial charge in [-0.05, 0) is 26.1 Å². The van der Waals surface area contributed by atoms with Gasteiger partial charge in [0.15, 0.2) is 0 Å². The summed E-state index contributed by atoms with van der Waals surface area (Å²) in [6.07, 6.45) is 2.35. The van der Waals surface area contributed by atoms with E-state index in [-0.39, 0.29) is 5.56 Å². The van der Waals surface area contributed by atoms with Crippen LogP contribution in [0.2, 0.25) is 5.02 Å². The van der Waals surface area contributed by atoms with Gasteiger partial charge in [0.25, 0.3) is 0 Å². The van der Waals surface area contributed by atoms with Crippen molar-refractivity contribution in [3.05, 3.63) is 22.8 Å². The zero-order valence-corrected chi connectivity index (χ0v) is 10.2. The number of carboxylic acids is 1. The summed E-state index contributed by atoms with van der Waals surface area (Å²) in [6, 6.07) is 1.73. The van der Waals surface area contributed by atoms with E-state index in [1.807, 2.05) is 0 Å². The second-order valence-electron chi connectivity index (χ2n) is 4.25. The molecular weight excluding hydrogens is 242 g/mol. The summed E-state index contributed by atoms with van der Waals surface area (Å²) in [4.78, 5) is 17.0. The normalized spacial score (nSPS) is 20.5. The van der Waals surface area contributed by atoms with Crippen molar-refractivity contribution in [2.75, 3.05) is 25.5 Å². The van der Waals surface area contributed by atoms with Gasteiger partial charge in [0.2, 0.25) is 0 Å². The predicted molar refractivity (Wildman–Crippen MR) is 65.7 cm³/mol. The van der Waals surface area contributed by atoms with E-state index in [0.717, 1.165) is 19.5 Å². The molecular formula is C11H14ClN3O2. The number of nitrogens with one attached hydrogen (secondary N) is 1. The Kier molecular flexibility index (Phi) is 3.49. The van der Waals surface area contributed by atoms with E-state index in [4.69, 9.17) is 16.7 Å². The van der Waals surface area contributed by atoms with E-state index < -0.39 is 5.97 Å². The average molecular weight is 256 g/mol. The summed E-state index contributed by atoms with van der Waals surface area (Å²) in [5, 5.41) is 12.4. The molecule has 1 saturated heterocycles. The molecule has 1 aromatic rings. The SMILES string of the molecule is CN1CCC(Nc2ncc(C(=O)O)cc2Cl)C1. The zero-order valence-electron chi connectivity index (χ0n) is 9.48. The van der Waals surface area contributed by atoms with E-state index in [1.54, 1.807) is 0 Å². The van der Waals surface area contributed by atoms with Crippen molar-refractivity contribution in [1.29, 1.82) is 0 Å². The molecule has 1 atom stereocenters. The van der Waals surface area contributed by atoms with Crippen molar-refractivity contribution in [1.82, 2.24) is 9.88 Å². The number of rotatable bonds is 3. The van der Waals surface area contributed by atoms with Crippen molar-refractivity contribution in [3.8, 4) is 0 Å². The lowest BCUT2D eigenvalue weighted by molar-refractivity contribution is 0.0696. The number of carbonyl (C=O) groups is 1. The van der Waals surface area contributed by atoms with Crippen molar-refractivity contribution < 1.29 is 9.90 Å². The molecule has 1 fully saturated rings. The van der Waals surface area contributed by atoms with E-state index >= 15 is 0 Å². The number of hydrogen-bond donors (Lipinski definition) is 2. The molecule has 6 heteroatoms. The minimum absolute atomic E-state index is 0.101. The number of anilines is 1. The van der Waals surface area contributed by atoms with E-state index in [2.05, 4.69) is 22.2 Å². The number of nitrogens with zero attached hydrogens (tertiary/aromatic N) is 2. The first-order valence-corrected chi connectivity index (χ1v) is 5.78. The second kappa shape index (κ2) is 4.89. The van der Waals surface area contributed by atoms with E-state index in [9.17, 15) is 4.79 Å². The Morgan fingerprint density at radius 1 is 1.71 bits per heavy atom. The van der Waals surface area contributed by atoms with Crippen molar-refractivity contribution in [2.24, 2.45) is 0 Å². The molecule has 17 heavy (non-hydrogen) atoms. The number of pyridine rings is 1. The molecule has 0 spiro atoms. The molecule has 92 valence electrons. The summed E-state index contributed by atoms with van der Waals surface area (Å²) in [5.41, 5.74) is 0.101. The van der Waals surface area contributed by atoms with Gasteiger partial charge in [0.1, 0.15) is 5.82 Å². The van der Waals surface area contributed by atoms with Crippen LogP contribution in [0, 0.1) is 0 Å². The maximum absolute atomic E-state index is 10.7. The van der Waals surface area contributed by atoms with E-state index in [1.165, 1.54) is 12.3 Å². The van der Waals surface area contributed by atoms with Gasteiger partial charge in [-0.15, -0.1) is 0 Å². The van der Waals surface area contributed by atoms with Crippen LogP contribution in [0.3, 0.4) is 0 Å². The zero-order chi connectivity index (χ0) is 12.4. The fraction of sp³-hybridized carbons (Fsp3) is 0.455. The van der Waals surface area contributed by atoms with Gasteiger partial charge >= 0.3 is 5.97 Å². The maximum atomic E-state index is 10.7. The molecule has 1 aliphatic heterocycles. The standard InChI is InChI=1S/C11H14ClN3O2/c1-15-3-2-8(6-15)14-10-9(12)4-7(5-13-10)11(16)17/h4-5,8H,2-3,6H2,1H3,(H,13,14)(H,16,17). The van der Waals surface area contributed by atoms with Gasteiger partial charge < -0.3 is 15.3 Å². The summed E-state index contributed by atoms with van der Waals surface area (Å²) in [7, 11) is 2.06. The number of likely N-dealkylation sites (N-methyl/N-ethyl adjacent to an activating group) is 1. The van der Waals surface area contributed by atoms with Gasteiger partial charge in [-0.25, -0.2) is 9.78 Å². The molecule has 2 N–H and O–H groups in total. The molecule has 1 aliphatic rings. The van der Waals surface area contributed by atoms with Gasteiger partial charge in [-0.2, -0.15) is 0 Å². The van der Waals surface area contributed by atoms with Gasteiger partial charge in [-0.3, -0.25) is 0 Å². The third kappa shape index (κ3) is 2.87. The monoisotopic (exact) mass is 255 g/mol. The van der Waals surface area contributed by atoms with Crippen LogP contribution in [0.1, 0.15) is 16.8 Å². The first-order chi connectivity index (χ1) is 8.06. The number of aromatic nitrogens is 1. The Morgan fingerprint density at radius 2 is 2.47 bits per heavy atom. The highest BCUT2D eigenvalue weighted by atomic mass is 35.5. The smallest absolute Gasteiger partial charge is 0.337 e. The molecule has 1 unspecified atom stereocenters. The summed E-state index contributed by atoms with van der Waals surface area (Å²) in [5.74, 6) is -0.469. The Hall–Kier alpha value is -1.33. The summed E-state index contributed by atoms with van der Waals surface area (Å²) >= 11 is 5.99. The van der Waals surface area contributed by atoms with Crippen LogP contribution in [0.4, 0.5) is 5.82 Å². The van der Waals surface area contributed by atoms with Crippen LogP contribution in [0.5, 0.6) is 0 Å². The first kappa shape index (κ1) is 12.1. The molecule has 0 bridgehead atoms. The summed E-state index contributed by atoms with van der Waals surface area (Å²) in [6.45, 7) is 1.99. The van der Waals surface area contributed by atoms with Crippen molar-refractivity contribution in [2.45, 2.75) is 12.5 Å². The highest BCUT2D eigenvalue weighted by Gasteiger charge is 2.20. The lowest BCUT2D eigenvalue weighted by Gasteiger charge is -2.14. The molecule has 0 aliphatic carbocycles. The fourth-order valence-corrected chi connectivity index (χ4v) is 2.13. The van der Waals surface area contributed by atoms with Crippen LogP contribution >= 0.6 is 11.6 Å². The molecule has 2 heterocycles. The third-order valence-corrected chi connectivity index (χ3v) is 3.11. The van der Waals surface area contributed by atoms with Gasteiger partial charge in [0.05, 0.1) is 10.6 Å². The number of carboxylic acid groups (broad SMARTS) is 1. The fourth-order valence-electron chi connectivity index (χ4n) is 1.91. The Morgan fingerprint density at radius 3 is 3.00 bits per heavy atom.